The van der Waals surface area contributed by atoms with Gasteiger partial charge in [0.25, 0.3) is 6.43 Å². The van der Waals surface area contributed by atoms with Gasteiger partial charge in [0, 0.05) is 5.39 Å². The summed E-state index contributed by atoms with van der Waals surface area (Å²) in [6.07, 6.45) is -2.58. The van der Waals surface area contributed by atoms with Gasteiger partial charge < -0.3 is 5.73 Å². The summed E-state index contributed by atoms with van der Waals surface area (Å²) in [7, 11) is 0. The van der Waals surface area contributed by atoms with Gasteiger partial charge in [0.1, 0.15) is 5.82 Å². The summed E-state index contributed by atoms with van der Waals surface area (Å²) in [6, 6.07) is 6.83. The molecule has 0 radical (unpaired) electrons. The van der Waals surface area contributed by atoms with E-state index in [1.165, 1.54) is 6.07 Å². The Morgan fingerprint density at radius 1 is 1.27 bits per heavy atom. The second-order valence-corrected chi connectivity index (χ2v) is 3.46. The second-order valence-electron chi connectivity index (χ2n) is 3.46. The third-order valence-electron chi connectivity index (χ3n) is 2.27. The van der Waals surface area contributed by atoms with Gasteiger partial charge in [-0.3, -0.25) is 0 Å². The normalized spacial score (nSPS) is 11.2. The van der Waals surface area contributed by atoms with Crippen LogP contribution in [0.4, 0.5) is 14.6 Å². The Morgan fingerprint density at radius 2 is 2.00 bits per heavy atom. The van der Waals surface area contributed by atoms with E-state index >= 15 is 0 Å². The smallest absolute Gasteiger partial charge is 0.267 e. The maximum atomic E-state index is 12.5. The van der Waals surface area contributed by atoms with Crippen LogP contribution in [0.25, 0.3) is 10.9 Å². The molecule has 0 spiro atoms. The van der Waals surface area contributed by atoms with Crippen molar-refractivity contribution < 1.29 is 8.78 Å². The number of benzene rings is 1. The lowest BCUT2D eigenvalue weighted by molar-refractivity contribution is 0.152. The number of alkyl halides is 2. The number of anilines is 1. The molecule has 0 saturated carbocycles. The summed E-state index contributed by atoms with van der Waals surface area (Å²) < 4.78 is 25.0. The van der Waals surface area contributed by atoms with Gasteiger partial charge in [-0.1, -0.05) is 12.1 Å². The zero-order valence-electron chi connectivity index (χ0n) is 8.17. The standard InChI is InChI=1S/C11H10F2N2/c1-6-2-3-7-5-8(10(12)13)11(14)15-9(7)4-6/h2-5,10H,1H3,(H2,14,15). The molecule has 0 fully saturated rings. The minimum absolute atomic E-state index is 0.0944. The number of rotatable bonds is 1. The Bertz CT molecular complexity index is 509. The highest BCUT2D eigenvalue weighted by Crippen LogP contribution is 2.27. The number of pyridine rings is 1. The van der Waals surface area contributed by atoms with Crippen LogP contribution in [-0.4, -0.2) is 4.98 Å². The third kappa shape index (κ3) is 1.75. The molecule has 0 amide bonds. The first-order chi connectivity index (χ1) is 7.08. The number of halogens is 2. The number of hydrogen-bond donors (Lipinski definition) is 1. The lowest BCUT2D eigenvalue weighted by atomic mass is 10.1. The molecular weight excluding hydrogens is 198 g/mol. The molecule has 0 aliphatic heterocycles. The molecule has 0 atom stereocenters. The number of fused-ring (bicyclic) bond motifs is 1. The van der Waals surface area contributed by atoms with Crippen molar-refractivity contribution in [1.29, 1.82) is 0 Å². The largest absolute Gasteiger partial charge is 0.383 e. The summed E-state index contributed by atoms with van der Waals surface area (Å²) in [5.74, 6) is -0.0944. The zero-order valence-corrected chi connectivity index (χ0v) is 8.17. The van der Waals surface area contributed by atoms with Crippen molar-refractivity contribution in [2.24, 2.45) is 0 Å². The van der Waals surface area contributed by atoms with E-state index in [4.69, 9.17) is 5.73 Å². The summed E-state index contributed by atoms with van der Waals surface area (Å²) in [4.78, 5) is 3.96. The monoisotopic (exact) mass is 208 g/mol. The first-order valence-corrected chi connectivity index (χ1v) is 4.53. The van der Waals surface area contributed by atoms with Crippen LogP contribution in [0.15, 0.2) is 24.3 Å². The fraction of sp³-hybridized carbons (Fsp3) is 0.182. The van der Waals surface area contributed by atoms with Gasteiger partial charge in [-0.2, -0.15) is 0 Å². The van der Waals surface area contributed by atoms with Gasteiger partial charge in [0.2, 0.25) is 0 Å². The molecule has 0 aliphatic rings. The molecule has 0 aliphatic carbocycles. The Labute approximate surface area is 85.7 Å². The van der Waals surface area contributed by atoms with Crippen molar-refractivity contribution in [3.8, 4) is 0 Å². The highest BCUT2D eigenvalue weighted by atomic mass is 19.3. The van der Waals surface area contributed by atoms with Crippen molar-refractivity contribution in [1.82, 2.24) is 4.98 Å². The highest BCUT2D eigenvalue weighted by molar-refractivity contribution is 5.82. The fourth-order valence-corrected chi connectivity index (χ4v) is 1.48. The van der Waals surface area contributed by atoms with E-state index in [-0.39, 0.29) is 11.4 Å². The van der Waals surface area contributed by atoms with Crippen LogP contribution in [-0.2, 0) is 0 Å². The van der Waals surface area contributed by atoms with Crippen LogP contribution >= 0.6 is 0 Å². The Kier molecular flexibility index (Phi) is 2.26. The fourth-order valence-electron chi connectivity index (χ4n) is 1.48. The van der Waals surface area contributed by atoms with Gasteiger partial charge in [-0.05, 0) is 24.6 Å². The predicted molar refractivity (Wildman–Crippen MR) is 55.8 cm³/mol. The van der Waals surface area contributed by atoms with E-state index in [9.17, 15) is 8.78 Å². The van der Waals surface area contributed by atoms with Crippen molar-refractivity contribution in [2.45, 2.75) is 13.3 Å². The number of nitrogens with zero attached hydrogens (tertiary/aromatic N) is 1. The Morgan fingerprint density at radius 3 is 2.67 bits per heavy atom. The van der Waals surface area contributed by atoms with Gasteiger partial charge in [0.05, 0.1) is 11.1 Å². The maximum Gasteiger partial charge on any atom is 0.267 e. The molecule has 2 nitrogen and oxygen atoms in total. The predicted octanol–water partition coefficient (Wildman–Crippen LogP) is 3.06. The molecule has 0 saturated heterocycles. The van der Waals surface area contributed by atoms with E-state index in [0.717, 1.165) is 5.56 Å². The van der Waals surface area contributed by atoms with E-state index in [1.807, 2.05) is 19.1 Å². The number of nitrogen functional groups attached to an aromatic ring is 1. The molecule has 1 aromatic heterocycles. The van der Waals surface area contributed by atoms with E-state index < -0.39 is 6.43 Å². The summed E-state index contributed by atoms with van der Waals surface area (Å²) in [6.45, 7) is 1.92. The number of aryl methyl sites for hydroxylation is 1. The molecule has 78 valence electrons. The summed E-state index contributed by atoms with van der Waals surface area (Å²) in [5, 5.41) is 0.685. The van der Waals surface area contributed by atoms with Crippen LogP contribution in [0, 0.1) is 6.92 Å². The highest BCUT2D eigenvalue weighted by Gasteiger charge is 2.13. The van der Waals surface area contributed by atoms with E-state index in [1.54, 1.807) is 6.07 Å². The van der Waals surface area contributed by atoms with Crippen LogP contribution in [0.2, 0.25) is 0 Å². The first kappa shape index (κ1) is 9.83. The molecule has 2 N–H and O–H groups in total. The molecular formula is C11H10F2N2. The van der Waals surface area contributed by atoms with Gasteiger partial charge in [0.15, 0.2) is 0 Å². The van der Waals surface area contributed by atoms with Crippen LogP contribution < -0.4 is 5.73 Å². The van der Waals surface area contributed by atoms with Crippen LogP contribution in [0.5, 0.6) is 0 Å². The van der Waals surface area contributed by atoms with Gasteiger partial charge >= 0.3 is 0 Å². The molecule has 2 aromatic rings. The number of hydrogen-bond acceptors (Lipinski definition) is 2. The zero-order chi connectivity index (χ0) is 11.0. The summed E-state index contributed by atoms with van der Waals surface area (Å²) >= 11 is 0. The van der Waals surface area contributed by atoms with Gasteiger partial charge in [-0.25, -0.2) is 13.8 Å². The second kappa shape index (κ2) is 3.46. The third-order valence-corrected chi connectivity index (χ3v) is 2.27. The average Bonchev–Trinajstić information content (AvgIpc) is 2.15. The minimum Gasteiger partial charge on any atom is -0.383 e. The Balaban J connectivity index is 2.71. The SMILES string of the molecule is Cc1ccc2cc(C(F)F)c(N)nc2c1. The average molecular weight is 208 g/mol. The van der Waals surface area contributed by atoms with Crippen molar-refractivity contribution in [3.63, 3.8) is 0 Å². The van der Waals surface area contributed by atoms with Crippen molar-refractivity contribution in [2.75, 3.05) is 5.73 Å². The maximum absolute atomic E-state index is 12.5. The van der Waals surface area contributed by atoms with Crippen LogP contribution in [0.1, 0.15) is 17.6 Å². The van der Waals surface area contributed by atoms with E-state index in [2.05, 4.69) is 4.98 Å². The number of nitrogens with two attached hydrogens (primary N) is 1. The summed E-state index contributed by atoms with van der Waals surface area (Å²) in [5.41, 5.74) is 6.92. The molecule has 0 bridgehead atoms. The van der Waals surface area contributed by atoms with Gasteiger partial charge in [-0.15, -0.1) is 0 Å². The molecule has 2 rings (SSSR count). The molecule has 1 aromatic carbocycles. The lowest BCUT2D eigenvalue weighted by Gasteiger charge is -2.06. The van der Waals surface area contributed by atoms with Crippen LogP contribution in [0.3, 0.4) is 0 Å². The topological polar surface area (TPSA) is 38.9 Å². The quantitative estimate of drug-likeness (QED) is 0.782. The van der Waals surface area contributed by atoms with Crippen molar-refractivity contribution >= 4 is 16.7 Å². The Hall–Kier alpha value is -1.71. The molecule has 1 heterocycles. The molecule has 0 unspecified atom stereocenters. The minimum atomic E-state index is -2.58. The number of aromatic nitrogens is 1. The van der Waals surface area contributed by atoms with E-state index in [0.29, 0.717) is 10.9 Å². The molecule has 4 heteroatoms. The lowest BCUT2D eigenvalue weighted by Crippen LogP contribution is -1.98. The first-order valence-electron chi connectivity index (χ1n) is 4.53. The molecule has 15 heavy (non-hydrogen) atoms. The van der Waals surface area contributed by atoms with Crippen molar-refractivity contribution in [3.05, 3.63) is 35.4 Å².